The number of amides is 1. The summed E-state index contributed by atoms with van der Waals surface area (Å²) < 4.78 is 0. The number of hydrogen-bond acceptors (Lipinski definition) is 2. The number of nitrogens with two attached hydrogens (primary N) is 1. The molecule has 1 fully saturated rings. The Morgan fingerprint density at radius 2 is 1.81 bits per heavy atom. The molecule has 2 aromatic rings. The molecule has 0 bridgehead atoms. The average molecular weight is 301 g/mol. The van der Waals surface area contributed by atoms with Gasteiger partial charge in [-0.05, 0) is 35.7 Å². The van der Waals surface area contributed by atoms with Crippen molar-refractivity contribution in [3.05, 3.63) is 64.7 Å². The molecule has 3 rings (SSSR count). The minimum absolute atomic E-state index is 0.0656. The van der Waals surface area contributed by atoms with Crippen molar-refractivity contribution in [2.45, 2.75) is 25.4 Å². The van der Waals surface area contributed by atoms with E-state index in [4.69, 9.17) is 17.3 Å². The van der Waals surface area contributed by atoms with Crippen LogP contribution in [0, 0.1) is 0 Å². The number of halogens is 1. The molecule has 108 valence electrons. The van der Waals surface area contributed by atoms with Gasteiger partial charge in [0.25, 0.3) is 0 Å². The maximum atomic E-state index is 12.2. The molecule has 1 aliphatic rings. The third kappa shape index (κ3) is 2.33. The van der Waals surface area contributed by atoms with Gasteiger partial charge < -0.3 is 10.6 Å². The molecular weight excluding hydrogens is 284 g/mol. The van der Waals surface area contributed by atoms with Crippen molar-refractivity contribution in [3.8, 4) is 0 Å². The first-order valence-electron chi connectivity index (χ1n) is 7.05. The lowest BCUT2D eigenvalue weighted by atomic mass is 9.88. The average Bonchev–Trinajstić information content (AvgIpc) is 2.53. The molecule has 0 aromatic heterocycles. The fourth-order valence-electron chi connectivity index (χ4n) is 2.74. The van der Waals surface area contributed by atoms with Gasteiger partial charge in [-0.15, -0.1) is 0 Å². The summed E-state index contributed by atoms with van der Waals surface area (Å²) in [6.45, 7) is 2.10. The van der Waals surface area contributed by atoms with Gasteiger partial charge in [0, 0.05) is 10.7 Å². The SMILES string of the molecule is CCc1ccc(N2C(=O)C(N)C2c2ccccc2Cl)cc1. The standard InChI is InChI=1S/C17H17ClN2O/c1-2-11-7-9-12(10-8-11)20-16(15(19)17(20)21)13-5-3-4-6-14(13)18/h3-10,15-16H,2,19H2,1H3. The Labute approximate surface area is 129 Å². The summed E-state index contributed by atoms with van der Waals surface area (Å²) in [5.41, 5.74) is 9.00. The number of anilines is 1. The van der Waals surface area contributed by atoms with E-state index in [-0.39, 0.29) is 11.9 Å². The van der Waals surface area contributed by atoms with Crippen molar-refractivity contribution in [1.82, 2.24) is 0 Å². The maximum absolute atomic E-state index is 12.2. The van der Waals surface area contributed by atoms with Crippen LogP contribution in [0.5, 0.6) is 0 Å². The highest BCUT2D eigenvalue weighted by atomic mass is 35.5. The molecule has 2 atom stereocenters. The minimum atomic E-state index is -0.532. The van der Waals surface area contributed by atoms with Crippen molar-refractivity contribution in [3.63, 3.8) is 0 Å². The Morgan fingerprint density at radius 1 is 1.14 bits per heavy atom. The third-order valence-electron chi connectivity index (χ3n) is 3.99. The lowest BCUT2D eigenvalue weighted by molar-refractivity contribution is -0.126. The number of nitrogens with zero attached hydrogens (tertiary/aromatic N) is 1. The Kier molecular flexibility index (Phi) is 3.70. The molecule has 4 heteroatoms. The summed E-state index contributed by atoms with van der Waals surface area (Å²) in [4.78, 5) is 13.9. The quantitative estimate of drug-likeness (QED) is 0.884. The van der Waals surface area contributed by atoms with Crippen LogP contribution >= 0.6 is 11.6 Å². The molecule has 0 spiro atoms. The van der Waals surface area contributed by atoms with Crippen LogP contribution in [-0.2, 0) is 11.2 Å². The Morgan fingerprint density at radius 3 is 2.43 bits per heavy atom. The number of benzene rings is 2. The molecule has 2 unspecified atom stereocenters. The lowest BCUT2D eigenvalue weighted by Gasteiger charge is -2.46. The molecule has 0 aliphatic carbocycles. The highest BCUT2D eigenvalue weighted by Gasteiger charge is 2.47. The van der Waals surface area contributed by atoms with E-state index in [1.54, 1.807) is 4.90 Å². The summed E-state index contributed by atoms with van der Waals surface area (Å²) >= 11 is 6.25. The fraction of sp³-hybridized carbons (Fsp3) is 0.235. The van der Waals surface area contributed by atoms with Crippen LogP contribution in [0.1, 0.15) is 24.1 Å². The number of carbonyl (C=O) groups excluding carboxylic acids is 1. The van der Waals surface area contributed by atoms with E-state index < -0.39 is 6.04 Å². The predicted octanol–water partition coefficient (Wildman–Crippen LogP) is 3.32. The summed E-state index contributed by atoms with van der Waals surface area (Å²) in [7, 11) is 0. The number of rotatable bonds is 3. The molecule has 3 nitrogen and oxygen atoms in total. The van der Waals surface area contributed by atoms with Gasteiger partial charge in [-0.25, -0.2) is 0 Å². The van der Waals surface area contributed by atoms with Gasteiger partial charge in [0.2, 0.25) is 5.91 Å². The van der Waals surface area contributed by atoms with E-state index >= 15 is 0 Å². The van der Waals surface area contributed by atoms with Crippen LogP contribution in [-0.4, -0.2) is 11.9 Å². The molecule has 2 aromatic carbocycles. The first kappa shape index (κ1) is 14.1. The summed E-state index contributed by atoms with van der Waals surface area (Å²) in [6, 6.07) is 14.8. The van der Waals surface area contributed by atoms with E-state index in [9.17, 15) is 4.79 Å². The largest absolute Gasteiger partial charge is 0.318 e. The van der Waals surface area contributed by atoms with E-state index in [1.807, 2.05) is 48.5 Å². The molecule has 0 radical (unpaired) electrons. The van der Waals surface area contributed by atoms with Gasteiger partial charge in [0.05, 0.1) is 6.04 Å². The van der Waals surface area contributed by atoms with Crippen LogP contribution in [0.2, 0.25) is 5.02 Å². The van der Waals surface area contributed by atoms with E-state index in [0.717, 1.165) is 17.7 Å². The Balaban J connectivity index is 1.96. The zero-order chi connectivity index (χ0) is 15.0. The topological polar surface area (TPSA) is 46.3 Å². The van der Waals surface area contributed by atoms with Crippen LogP contribution in [0.4, 0.5) is 5.69 Å². The van der Waals surface area contributed by atoms with Crippen molar-refractivity contribution in [2.75, 3.05) is 4.90 Å². The van der Waals surface area contributed by atoms with Gasteiger partial charge in [-0.2, -0.15) is 0 Å². The van der Waals surface area contributed by atoms with Gasteiger partial charge in [0.1, 0.15) is 6.04 Å². The molecular formula is C17H17ClN2O. The molecule has 2 N–H and O–H groups in total. The van der Waals surface area contributed by atoms with Crippen LogP contribution in [0.3, 0.4) is 0 Å². The zero-order valence-corrected chi connectivity index (χ0v) is 12.5. The van der Waals surface area contributed by atoms with Crippen molar-refractivity contribution >= 4 is 23.2 Å². The first-order chi connectivity index (χ1) is 10.1. The van der Waals surface area contributed by atoms with Crippen LogP contribution in [0.15, 0.2) is 48.5 Å². The molecule has 21 heavy (non-hydrogen) atoms. The maximum Gasteiger partial charge on any atom is 0.247 e. The molecule has 0 saturated carbocycles. The minimum Gasteiger partial charge on any atom is -0.318 e. The number of aryl methyl sites for hydroxylation is 1. The first-order valence-corrected chi connectivity index (χ1v) is 7.43. The summed E-state index contributed by atoms with van der Waals surface area (Å²) in [6.07, 6.45) is 0.974. The van der Waals surface area contributed by atoms with Crippen LogP contribution < -0.4 is 10.6 Å². The smallest absolute Gasteiger partial charge is 0.247 e. The highest BCUT2D eigenvalue weighted by Crippen LogP contribution is 2.40. The van der Waals surface area contributed by atoms with Gasteiger partial charge in [-0.1, -0.05) is 48.9 Å². The number of β-lactam (4-membered cyclic amide) rings is 1. The summed E-state index contributed by atoms with van der Waals surface area (Å²) in [5, 5.41) is 0.639. The number of hydrogen-bond donors (Lipinski definition) is 1. The van der Waals surface area contributed by atoms with Crippen molar-refractivity contribution in [1.29, 1.82) is 0 Å². The predicted molar refractivity (Wildman–Crippen MR) is 85.5 cm³/mol. The second-order valence-electron chi connectivity index (χ2n) is 5.22. The van der Waals surface area contributed by atoms with Gasteiger partial charge >= 0.3 is 0 Å². The normalized spacial score (nSPS) is 21.3. The van der Waals surface area contributed by atoms with Crippen LogP contribution in [0.25, 0.3) is 0 Å². The molecule has 1 amide bonds. The fourth-order valence-corrected chi connectivity index (χ4v) is 2.99. The summed E-state index contributed by atoms with van der Waals surface area (Å²) in [5.74, 6) is -0.0656. The van der Waals surface area contributed by atoms with Crippen molar-refractivity contribution < 1.29 is 4.79 Å². The second kappa shape index (κ2) is 5.51. The van der Waals surface area contributed by atoms with E-state index in [1.165, 1.54) is 5.56 Å². The third-order valence-corrected chi connectivity index (χ3v) is 4.33. The highest BCUT2D eigenvalue weighted by molar-refractivity contribution is 6.31. The van der Waals surface area contributed by atoms with E-state index in [2.05, 4.69) is 6.92 Å². The monoisotopic (exact) mass is 300 g/mol. The Hall–Kier alpha value is -1.84. The molecule has 1 aliphatic heterocycles. The second-order valence-corrected chi connectivity index (χ2v) is 5.63. The van der Waals surface area contributed by atoms with Crippen molar-refractivity contribution in [2.24, 2.45) is 5.73 Å². The lowest BCUT2D eigenvalue weighted by Crippen LogP contribution is -2.63. The molecule has 1 saturated heterocycles. The van der Waals surface area contributed by atoms with Gasteiger partial charge in [0.15, 0.2) is 0 Å². The zero-order valence-electron chi connectivity index (χ0n) is 11.8. The Bertz CT molecular complexity index is 669. The van der Waals surface area contributed by atoms with Gasteiger partial charge in [-0.3, -0.25) is 4.79 Å². The number of carbonyl (C=O) groups is 1. The van der Waals surface area contributed by atoms with E-state index in [0.29, 0.717) is 5.02 Å². The molecule has 1 heterocycles.